The molecule has 0 bridgehead atoms. The van der Waals surface area contributed by atoms with Crippen LogP contribution in [0.5, 0.6) is 0 Å². The van der Waals surface area contributed by atoms with Crippen molar-refractivity contribution in [1.29, 1.82) is 0 Å². The van der Waals surface area contributed by atoms with E-state index in [1.807, 2.05) is 60.7 Å². The predicted octanol–water partition coefficient (Wildman–Crippen LogP) is 5.07. The zero-order chi connectivity index (χ0) is 27.0. The van der Waals surface area contributed by atoms with Crippen molar-refractivity contribution < 1.29 is 32.0 Å². The normalized spacial score (nSPS) is 15.7. The minimum Gasteiger partial charge on any atom is -0.281 e. The van der Waals surface area contributed by atoms with E-state index in [-0.39, 0.29) is 4.92 Å². The molecule has 12 nitrogen and oxygen atoms in total. The summed E-state index contributed by atoms with van der Waals surface area (Å²) in [5, 5.41) is 22.9. The molecule has 1 aliphatic heterocycles. The Morgan fingerprint density at radius 1 is 0.811 bits per heavy atom. The molecule has 0 unspecified atom stereocenters. The van der Waals surface area contributed by atoms with Gasteiger partial charge in [-0.3, -0.25) is 24.8 Å². The van der Waals surface area contributed by atoms with Crippen molar-refractivity contribution in [2.24, 2.45) is 0 Å². The lowest BCUT2D eigenvalue weighted by Gasteiger charge is -2.23. The fourth-order valence-corrected chi connectivity index (χ4v) is 7.43. The molecule has 1 aliphatic rings. The van der Waals surface area contributed by atoms with Crippen molar-refractivity contribution in [2.45, 2.75) is 4.90 Å². The van der Waals surface area contributed by atoms with Crippen molar-refractivity contribution in [3.8, 4) is 0 Å². The van der Waals surface area contributed by atoms with Crippen molar-refractivity contribution in [2.75, 3.05) is 17.8 Å². The van der Waals surface area contributed by atoms with Crippen molar-refractivity contribution in [3.63, 3.8) is 0 Å². The number of hydrogen-bond donors (Lipinski definition) is 1. The van der Waals surface area contributed by atoms with Gasteiger partial charge in [-0.2, -0.15) is 12.7 Å². The maximum absolute atomic E-state index is 13.0. The van der Waals surface area contributed by atoms with Crippen molar-refractivity contribution >= 4 is 48.6 Å². The molecule has 1 N–H and O–H groups in total. The maximum Gasteiger partial charge on any atom is 0.331 e. The molecule has 0 aromatic heterocycles. The zero-order valence-corrected chi connectivity index (χ0v) is 20.8. The summed E-state index contributed by atoms with van der Waals surface area (Å²) in [6.45, 7) is 0. The molecular weight excluding hydrogens is 526 g/mol. The van der Waals surface area contributed by atoms with E-state index in [1.54, 1.807) is 6.26 Å². The fourth-order valence-electron chi connectivity index (χ4n) is 4.11. The van der Waals surface area contributed by atoms with Crippen LogP contribution in [-0.2, 0) is 14.4 Å². The lowest BCUT2D eigenvalue weighted by molar-refractivity contribution is -0.696. The molecule has 0 amide bonds. The highest BCUT2D eigenvalue weighted by molar-refractivity contribution is 8.30. The molecule has 0 saturated heterocycles. The van der Waals surface area contributed by atoms with E-state index in [0.29, 0.717) is 23.6 Å². The molecule has 1 heterocycles. The SMILES string of the molecule is CS1(O[N+](=O)c2cc([N+](=O)[O-])c(S(=O)(=O)O)c([N+](=O)[O-])c2)CC(c2ccccc2)=C(c2ccccc2)C1. The molecule has 0 radical (unpaired) electrons. The number of rotatable bonds is 8. The van der Waals surface area contributed by atoms with Gasteiger partial charge in [-0.05, 0) is 32.6 Å². The van der Waals surface area contributed by atoms with Gasteiger partial charge in [0.05, 0.1) is 14.8 Å². The third-order valence-corrected chi connectivity index (χ3v) is 8.88. The van der Waals surface area contributed by atoms with Crippen LogP contribution in [0.4, 0.5) is 17.1 Å². The van der Waals surface area contributed by atoms with E-state index in [9.17, 15) is 38.1 Å². The first-order chi connectivity index (χ1) is 17.4. The Morgan fingerprint density at radius 3 is 1.57 bits per heavy atom. The molecule has 4 rings (SSSR count). The third-order valence-electron chi connectivity index (χ3n) is 5.65. The monoisotopic (exact) mass is 546 g/mol. The van der Waals surface area contributed by atoms with E-state index in [2.05, 4.69) is 0 Å². The Labute approximate surface area is 212 Å². The van der Waals surface area contributed by atoms with Gasteiger partial charge in [0.15, 0.2) is 0 Å². The first kappa shape index (κ1) is 25.9. The second kappa shape index (κ2) is 9.72. The van der Waals surface area contributed by atoms with Gasteiger partial charge in [0, 0.05) is 17.8 Å². The van der Waals surface area contributed by atoms with Gasteiger partial charge >= 0.3 is 27.2 Å². The number of nitrogens with zero attached hydrogens (tertiary/aromatic N) is 3. The molecule has 37 heavy (non-hydrogen) atoms. The minimum absolute atomic E-state index is 0.0698. The van der Waals surface area contributed by atoms with E-state index in [4.69, 9.17) is 4.28 Å². The number of nitro benzene ring substituents is 2. The Bertz CT molecular complexity index is 1470. The molecule has 3 aromatic carbocycles. The van der Waals surface area contributed by atoms with Crippen LogP contribution in [0.2, 0.25) is 0 Å². The van der Waals surface area contributed by atoms with Crippen LogP contribution in [0, 0.1) is 25.1 Å². The standard InChI is InChI=1S/C23H19N3O9S2/c1-36(14-19(16-8-4-2-5-9-16)20(15-36)17-10-6-3-7-11-17)35-26(31)18-12-21(24(27)28)23(37(32,33)34)22(13-18)25(29)30/h2-13H,14-15H2,1H3/p+1. The first-order valence-corrected chi connectivity index (χ1v) is 14.3. The van der Waals surface area contributed by atoms with E-state index in [0.717, 1.165) is 22.3 Å². The van der Waals surface area contributed by atoms with Crippen molar-refractivity contribution in [1.82, 2.24) is 0 Å². The smallest absolute Gasteiger partial charge is 0.281 e. The molecule has 192 valence electrons. The molecule has 0 spiro atoms. The van der Waals surface area contributed by atoms with Gasteiger partial charge in [-0.15, -0.1) is 0 Å². The van der Waals surface area contributed by atoms with E-state index < -0.39 is 52.2 Å². The maximum atomic E-state index is 13.0. The average Bonchev–Trinajstić information content (AvgIpc) is 3.20. The summed E-state index contributed by atoms with van der Waals surface area (Å²) >= 11 is 0. The first-order valence-electron chi connectivity index (χ1n) is 10.6. The largest absolute Gasteiger partial charge is 0.331 e. The Hall–Kier alpha value is -4.14. The Kier molecular flexibility index (Phi) is 6.82. The predicted molar refractivity (Wildman–Crippen MR) is 137 cm³/mol. The molecule has 0 atom stereocenters. The summed E-state index contributed by atoms with van der Waals surface area (Å²) in [5.74, 6) is 0.709. The molecule has 0 fully saturated rings. The molecule has 14 heteroatoms. The lowest BCUT2D eigenvalue weighted by Crippen LogP contribution is -2.14. The van der Waals surface area contributed by atoms with Crippen molar-refractivity contribution in [3.05, 3.63) is 109 Å². The molecular formula is C23H20N3O9S2+. The second-order valence-electron chi connectivity index (χ2n) is 8.30. The highest BCUT2D eigenvalue weighted by atomic mass is 32.3. The zero-order valence-electron chi connectivity index (χ0n) is 19.2. The van der Waals surface area contributed by atoms with E-state index >= 15 is 0 Å². The third kappa shape index (κ3) is 5.35. The summed E-state index contributed by atoms with van der Waals surface area (Å²) in [6.07, 6.45) is 1.74. The molecule has 3 aromatic rings. The summed E-state index contributed by atoms with van der Waals surface area (Å²) < 4.78 is 38.4. The summed E-state index contributed by atoms with van der Waals surface area (Å²) in [6, 6.07) is 20.0. The van der Waals surface area contributed by atoms with Gasteiger partial charge in [0.25, 0.3) is 4.92 Å². The second-order valence-corrected chi connectivity index (χ2v) is 12.7. The van der Waals surface area contributed by atoms with Gasteiger partial charge in [0.1, 0.15) is 12.1 Å². The summed E-state index contributed by atoms with van der Waals surface area (Å²) in [7, 11) is -7.57. The van der Waals surface area contributed by atoms with Crippen LogP contribution in [0.3, 0.4) is 0 Å². The fraction of sp³-hybridized carbons (Fsp3) is 0.130. The van der Waals surface area contributed by atoms with Gasteiger partial charge < -0.3 is 0 Å². The minimum atomic E-state index is -5.35. The number of benzene rings is 3. The van der Waals surface area contributed by atoms with Crippen LogP contribution in [0.25, 0.3) is 11.1 Å². The number of nitro groups is 2. The lowest BCUT2D eigenvalue weighted by atomic mass is 9.97. The summed E-state index contributed by atoms with van der Waals surface area (Å²) in [5.41, 5.74) is 0.470. The number of hydrogen-bond acceptors (Lipinski definition) is 8. The summed E-state index contributed by atoms with van der Waals surface area (Å²) in [4.78, 5) is 31.9. The molecule has 0 saturated carbocycles. The van der Waals surface area contributed by atoms with Gasteiger partial charge in [-0.1, -0.05) is 60.7 Å². The van der Waals surface area contributed by atoms with Crippen LogP contribution in [0.15, 0.2) is 77.7 Å². The Morgan fingerprint density at radius 2 is 1.22 bits per heavy atom. The highest BCUT2D eigenvalue weighted by Gasteiger charge is 2.43. The highest BCUT2D eigenvalue weighted by Crippen LogP contribution is 2.59. The van der Waals surface area contributed by atoms with Crippen LogP contribution in [0.1, 0.15) is 11.1 Å². The van der Waals surface area contributed by atoms with E-state index in [1.165, 1.54) is 0 Å². The topological polar surface area (TPSA) is 170 Å². The van der Waals surface area contributed by atoms with Gasteiger partial charge in [-0.25, -0.2) is 0 Å². The quantitative estimate of drug-likeness (QED) is 0.230. The average molecular weight is 547 g/mol. The van der Waals surface area contributed by atoms with Gasteiger partial charge in [0.2, 0.25) is 4.90 Å². The van der Waals surface area contributed by atoms with Crippen LogP contribution in [-0.4, -0.2) is 45.5 Å². The molecule has 0 aliphatic carbocycles. The van der Waals surface area contributed by atoms with Crippen LogP contribution < -0.4 is 0 Å². The van der Waals surface area contributed by atoms with Crippen LogP contribution >= 0.6 is 10.3 Å². The Balaban J connectivity index is 1.73.